The van der Waals surface area contributed by atoms with Crippen LogP contribution in [0, 0.1) is 13.8 Å². The van der Waals surface area contributed by atoms with Gasteiger partial charge in [0, 0.05) is 18.7 Å². The van der Waals surface area contributed by atoms with E-state index >= 15 is 0 Å². The summed E-state index contributed by atoms with van der Waals surface area (Å²) in [6.45, 7) is 6.22. The summed E-state index contributed by atoms with van der Waals surface area (Å²) in [6, 6.07) is 0. The van der Waals surface area contributed by atoms with Crippen molar-refractivity contribution in [1.29, 1.82) is 0 Å². The van der Waals surface area contributed by atoms with Crippen molar-refractivity contribution in [3.05, 3.63) is 28.7 Å². The molecule has 0 saturated carbocycles. The molecule has 0 atom stereocenters. The van der Waals surface area contributed by atoms with Crippen molar-refractivity contribution < 1.29 is 9.32 Å². The SMILES string of the molecule is Cc1noc(C)c1CC(=O)NCC1=CCNCC1.Cl. The minimum Gasteiger partial charge on any atom is -0.361 e. The van der Waals surface area contributed by atoms with Crippen LogP contribution in [0.4, 0.5) is 0 Å². The predicted octanol–water partition coefficient (Wildman–Crippen LogP) is 1.29. The molecule has 106 valence electrons. The fourth-order valence-corrected chi connectivity index (χ4v) is 2.02. The average molecular weight is 286 g/mol. The molecular weight excluding hydrogens is 266 g/mol. The number of carbonyl (C=O) groups is 1. The van der Waals surface area contributed by atoms with Gasteiger partial charge in [0.05, 0.1) is 12.1 Å². The molecule has 2 rings (SSSR count). The standard InChI is InChI=1S/C13H19N3O2.ClH/c1-9-12(10(2)18-16-9)7-13(17)15-8-11-3-5-14-6-4-11;/h3,14H,4-8H2,1-2H3,(H,15,17);1H. The Balaban J connectivity index is 0.00000180. The number of aromatic nitrogens is 1. The summed E-state index contributed by atoms with van der Waals surface area (Å²) in [7, 11) is 0. The smallest absolute Gasteiger partial charge is 0.224 e. The molecule has 1 aliphatic rings. The normalized spacial score (nSPS) is 14.5. The third-order valence-electron chi connectivity index (χ3n) is 3.19. The van der Waals surface area contributed by atoms with E-state index in [4.69, 9.17) is 4.52 Å². The summed E-state index contributed by atoms with van der Waals surface area (Å²) in [4.78, 5) is 11.8. The van der Waals surface area contributed by atoms with E-state index in [1.165, 1.54) is 5.57 Å². The maximum absolute atomic E-state index is 11.8. The zero-order valence-electron chi connectivity index (χ0n) is 11.3. The topological polar surface area (TPSA) is 67.2 Å². The molecule has 5 nitrogen and oxygen atoms in total. The van der Waals surface area contributed by atoms with Crippen LogP contribution >= 0.6 is 12.4 Å². The Hall–Kier alpha value is -1.33. The number of carbonyl (C=O) groups excluding carboxylic acids is 1. The first-order valence-electron chi connectivity index (χ1n) is 6.24. The molecule has 1 amide bonds. The third kappa shape index (κ3) is 4.36. The zero-order valence-corrected chi connectivity index (χ0v) is 12.1. The summed E-state index contributed by atoms with van der Waals surface area (Å²) < 4.78 is 5.04. The predicted molar refractivity (Wildman–Crippen MR) is 75.5 cm³/mol. The van der Waals surface area contributed by atoms with E-state index in [1.54, 1.807) is 0 Å². The lowest BCUT2D eigenvalue weighted by Gasteiger charge is -2.14. The van der Waals surface area contributed by atoms with Gasteiger partial charge >= 0.3 is 0 Å². The third-order valence-corrected chi connectivity index (χ3v) is 3.19. The number of hydrogen-bond donors (Lipinski definition) is 2. The molecular formula is C13H20ClN3O2. The lowest BCUT2D eigenvalue weighted by Crippen LogP contribution is -2.30. The fraction of sp³-hybridized carbons (Fsp3) is 0.538. The highest BCUT2D eigenvalue weighted by atomic mass is 35.5. The summed E-state index contributed by atoms with van der Waals surface area (Å²) in [5, 5.41) is 10.0. The Morgan fingerprint density at radius 1 is 1.53 bits per heavy atom. The molecule has 0 aromatic carbocycles. The molecule has 0 unspecified atom stereocenters. The van der Waals surface area contributed by atoms with E-state index in [-0.39, 0.29) is 18.3 Å². The molecule has 0 fully saturated rings. The number of rotatable bonds is 4. The van der Waals surface area contributed by atoms with Crippen LogP contribution in [0.25, 0.3) is 0 Å². The van der Waals surface area contributed by atoms with Gasteiger partial charge in [-0.15, -0.1) is 12.4 Å². The first kappa shape index (κ1) is 15.7. The van der Waals surface area contributed by atoms with Gasteiger partial charge in [0.25, 0.3) is 0 Å². The van der Waals surface area contributed by atoms with Crippen LogP contribution in [0.1, 0.15) is 23.4 Å². The van der Waals surface area contributed by atoms with Gasteiger partial charge in [-0.05, 0) is 26.8 Å². The Morgan fingerprint density at radius 2 is 2.32 bits per heavy atom. The van der Waals surface area contributed by atoms with Gasteiger partial charge in [0.1, 0.15) is 5.76 Å². The van der Waals surface area contributed by atoms with Crippen molar-refractivity contribution in [3.63, 3.8) is 0 Å². The van der Waals surface area contributed by atoms with Gasteiger partial charge in [-0.25, -0.2) is 0 Å². The summed E-state index contributed by atoms with van der Waals surface area (Å²) in [5.41, 5.74) is 2.98. The highest BCUT2D eigenvalue weighted by Gasteiger charge is 2.13. The first-order chi connectivity index (χ1) is 8.66. The molecule has 1 aromatic heterocycles. The van der Waals surface area contributed by atoms with Crippen LogP contribution in [-0.4, -0.2) is 30.7 Å². The molecule has 0 saturated heterocycles. The van der Waals surface area contributed by atoms with E-state index in [0.29, 0.717) is 13.0 Å². The zero-order chi connectivity index (χ0) is 13.0. The molecule has 19 heavy (non-hydrogen) atoms. The molecule has 1 aromatic rings. The van der Waals surface area contributed by atoms with Crippen molar-refractivity contribution in [2.75, 3.05) is 19.6 Å². The quantitative estimate of drug-likeness (QED) is 0.818. The van der Waals surface area contributed by atoms with Gasteiger partial charge in [-0.2, -0.15) is 0 Å². The van der Waals surface area contributed by atoms with Crippen molar-refractivity contribution in [1.82, 2.24) is 15.8 Å². The number of nitrogens with zero attached hydrogens (tertiary/aromatic N) is 1. The highest BCUT2D eigenvalue weighted by Crippen LogP contribution is 2.12. The molecule has 0 spiro atoms. The van der Waals surface area contributed by atoms with Crippen molar-refractivity contribution in [3.8, 4) is 0 Å². The number of nitrogens with one attached hydrogen (secondary N) is 2. The molecule has 2 N–H and O–H groups in total. The Bertz CT molecular complexity index is 449. The Labute approximate surface area is 119 Å². The number of halogens is 1. The van der Waals surface area contributed by atoms with Gasteiger partial charge in [0.15, 0.2) is 0 Å². The van der Waals surface area contributed by atoms with Gasteiger partial charge < -0.3 is 15.2 Å². The summed E-state index contributed by atoms with van der Waals surface area (Å²) >= 11 is 0. The largest absolute Gasteiger partial charge is 0.361 e. The average Bonchev–Trinajstić information content (AvgIpc) is 2.69. The maximum Gasteiger partial charge on any atom is 0.224 e. The molecule has 6 heteroatoms. The van der Waals surface area contributed by atoms with Gasteiger partial charge in [0.2, 0.25) is 5.91 Å². The van der Waals surface area contributed by atoms with Gasteiger partial charge in [-0.1, -0.05) is 16.8 Å². The molecule has 0 bridgehead atoms. The van der Waals surface area contributed by atoms with Crippen LogP contribution in [0.15, 0.2) is 16.2 Å². The van der Waals surface area contributed by atoms with E-state index in [1.807, 2.05) is 13.8 Å². The maximum atomic E-state index is 11.8. The summed E-state index contributed by atoms with van der Waals surface area (Å²) in [6.07, 6.45) is 3.48. The number of aryl methyl sites for hydroxylation is 2. The molecule has 0 radical (unpaired) electrons. The minimum atomic E-state index is 0. The fourth-order valence-electron chi connectivity index (χ4n) is 2.02. The first-order valence-corrected chi connectivity index (χ1v) is 6.24. The number of hydrogen-bond acceptors (Lipinski definition) is 4. The van der Waals surface area contributed by atoms with Crippen molar-refractivity contribution in [2.24, 2.45) is 0 Å². The van der Waals surface area contributed by atoms with E-state index < -0.39 is 0 Å². The van der Waals surface area contributed by atoms with Crippen molar-refractivity contribution in [2.45, 2.75) is 26.7 Å². The molecule has 1 aliphatic heterocycles. The second-order valence-corrected chi connectivity index (χ2v) is 4.57. The lowest BCUT2D eigenvalue weighted by atomic mass is 10.1. The van der Waals surface area contributed by atoms with Gasteiger partial charge in [-0.3, -0.25) is 4.79 Å². The second-order valence-electron chi connectivity index (χ2n) is 4.57. The van der Waals surface area contributed by atoms with Crippen molar-refractivity contribution >= 4 is 18.3 Å². The Kier molecular flexibility index (Phi) is 6.05. The second kappa shape index (κ2) is 7.31. The van der Waals surface area contributed by atoms with E-state index in [0.717, 1.165) is 36.5 Å². The lowest BCUT2D eigenvalue weighted by molar-refractivity contribution is -0.120. The van der Waals surface area contributed by atoms with Crippen LogP contribution in [0.3, 0.4) is 0 Å². The van der Waals surface area contributed by atoms with Crippen LogP contribution < -0.4 is 10.6 Å². The minimum absolute atomic E-state index is 0. The Morgan fingerprint density at radius 3 is 2.89 bits per heavy atom. The van der Waals surface area contributed by atoms with E-state index in [9.17, 15) is 4.79 Å². The molecule has 2 heterocycles. The molecule has 0 aliphatic carbocycles. The van der Waals surface area contributed by atoms with Crippen LogP contribution in [-0.2, 0) is 11.2 Å². The van der Waals surface area contributed by atoms with Crippen LogP contribution in [0.5, 0.6) is 0 Å². The monoisotopic (exact) mass is 285 g/mol. The number of amides is 1. The summed E-state index contributed by atoms with van der Waals surface area (Å²) in [5.74, 6) is 0.743. The highest BCUT2D eigenvalue weighted by molar-refractivity contribution is 5.85. The van der Waals surface area contributed by atoms with E-state index in [2.05, 4.69) is 21.9 Å². The van der Waals surface area contributed by atoms with Crippen LogP contribution in [0.2, 0.25) is 0 Å².